The number of para-hydroxylation sites is 1. The second-order valence-corrected chi connectivity index (χ2v) is 4.68. The molecule has 0 radical (unpaired) electrons. The van der Waals surface area contributed by atoms with Gasteiger partial charge in [0.15, 0.2) is 0 Å². The average molecular weight is 245 g/mol. The van der Waals surface area contributed by atoms with Gasteiger partial charge in [-0.05, 0) is 32.0 Å². The van der Waals surface area contributed by atoms with Crippen molar-refractivity contribution < 1.29 is 4.39 Å². The van der Waals surface area contributed by atoms with Gasteiger partial charge in [0.05, 0.1) is 5.52 Å². The van der Waals surface area contributed by atoms with E-state index in [0.29, 0.717) is 11.6 Å². The van der Waals surface area contributed by atoms with Crippen molar-refractivity contribution in [3.05, 3.63) is 36.3 Å². The normalized spacial score (nSPS) is 16.9. The minimum absolute atomic E-state index is 0.413. The molecule has 1 aliphatic heterocycles. The fourth-order valence-electron chi connectivity index (χ4n) is 2.45. The first-order chi connectivity index (χ1) is 8.83. The lowest BCUT2D eigenvalue weighted by Crippen LogP contribution is -2.35. The number of fused-ring (bicyclic) bond motifs is 1. The molecule has 2 N–H and O–H groups in total. The Labute approximate surface area is 105 Å². The van der Waals surface area contributed by atoms with Gasteiger partial charge in [0.2, 0.25) is 5.95 Å². The number of halogens is 1. The van der Waals surface area contributed by atoms with Gasteiger partial charge in [-0.15, -0.1) is 0 Å². The first kappa shape index (κ1) is 11.4. The minimum atomic E-state index is -0.426. The standard InChI is InChI=1S/C14H16FN3/c15-14-9-13(17-10-5-7-16-8-6-10)11-3-1-2-4-12(11)18-14/h1-4,9-10,16H,5-8H2,(H,17,18). The monoisotopic (exact) mass is 245 g/mol. The van der Waals surface area contributed by atoms with Crippen LogP contribution in [0.3, 0.4) is 0 Å². The summed E-state index contributed by atoms with van der Waals surface area (Å²) in [6.07, 6.45) is 2.14. The molecule has 3 rings (SSSR count). The van der Waals surface area contributed by atoms with Crippen LogP contribution in [0, 0.1) is 5.95 Å². The molecule has 94 valence electrons. The third-order valence-corrected chi connectivity index (χ3v) is 3.38. The lowest BCUT2D eigenvalue weighted by atomic mass is 10.1. The van der Waals surface area contributed by atoms with Crippen molar-refractivity contribution >= 4 is 16.6 Å². The number of nitrogens with zero attached hydrogens (tertiary/aromatic N) is 1. The molecule has 1 aromatic carbocycles. The van der Waals surface area contributed by atoms with Crippen molar-refractivity contribution in [2.75, 3.05) is 18.4 Å². The van der Waals surface area contributed by atoms with Crippen LogP contribution < -0.4 is 10.6 Å². The molecule has 0 atom stereocenters. The molecule has 0 saturated carbocycles. The van der Waals surface area contributed by atoms with Crippen LogP contribution in [0.1, 0.15) is 12.8 Å². The molecule has 0 spiro atoms. The summed E-state index contributed by atoms with van der Waals surface area (Å²) in [4.78, 5) is 3.91. The van der Waals surface area contributed by atoms with Gasteiger partial charge in [0.25, 0.3) is 0 Å². The largest absolute Gasteiger partial charge is 0.382 e. The third kappa shape index (κ3) is 2.29. The van der Waals surface area contributed by atoms with Gasteiger partial charge < -0.3 is 10.6 Å². The van der Waals surface area contributed by atoms with Gasteiger partial charge in [-0.2, -0.15) is 4.39 Å². The molecule has 1 aromatic heterocycles. The highest BCUT2D eigenvalue weighted by molar-refractivity contribution is 5.91. The number of anilines is 1. The zero-order valence-corrected chi connectivity index (χ0v) is 10.1. The number of aromatic nitrogens is 1. The number of rotatable bonds is 2. The highest BCUT2D eigenvalue weighted by atomic mass is 19.1. The molecule has 0 amide bonds. The van der Waals surface area contributed by atoms with Crippen molar-refractivity contribution in [3.63, 3.8) is 0 Å². The van der Waals surface area contributed by atoms with Crippen molar-refractivity contribution in [3.8, 4) is 0 Å². The molecule has 0 aliphatic carbocycles. The van der Waals surface area contributed by atoms with Gasteiger partial charge in [-0.25, -0.2) is 4.98 Å². The Balaban J connectivity index is 1.94. The maximum atomic E-state index is 13.5. The zero-order valence-electron chi connectivity index (χ0n) is 10.1. The molecular weight excluding hydrogens is 229 g/mol. The van der Waals surface area contributed by atoms with Gasteiger partial charge in [-0.3, -0.25) is 0 Å². The molecule has 2 heterocycles. The summed E-state index contributed by atoms with van der Waals surface area (Å²) in [5.41, 5.74) is 1.55. The second-order valence-electron chi connectivity index (χ2n) is 4.68. The summed E-state index contributed by atoms with van der Waals surface area (Å²) in [5, 5.41) is 7.75. The first-order valence-electron chi connectivity index (χ1n) is 6.35. The number of nitrogens with one attached hydrogen (secondary N) is 2. The van der Waals surface area contributed by atoms with Crippen molar-refractivity contribution in [1.29, 1.82) is 0 Å². The summed E-state index contributed by atoms with van der Waals surface area (Å²) >= 11 is 0. The number of hydrogen-bond acceptors (Lipinski definition) is 3. The molecule has 2 aromatic rings. The molecule has 1 fully saturated rings. The quantitative estimate of drug-likeness (QED) is 0.798. The van der Waals surface area contributed by atoms with Gasteiger partial charge in [0.1, 0.15) is 0 Å². The van der Waals surface area contributed by atoms with E-state index in [2.05, 4.69) is 15.6 Å². The topological polar surface area (TPSA) is 37.0 Å². The number of benzene rings is 1. The Morgan fingerprint density at radius 3 is 2.83 bits per heavy atom. The number of pyridine rings is 1. The maximum absolute atomic E-state index is 13.5. The van der Waals surface area contributed by atoms with Crippen molar-refractivity contribution in [2.24, 2.45) is 0 Å². The Hall–Kier alpha value is -1.68. The number of piperidine rings is 1. The molecule has 1 aliphatic rings. The Bertz CT molecular complexity index is 550. The Morgan fingerprint density at radius 1 is 1.22 bits per heavy atom. The summed E-state index contributed by atoms with van der Waals surface area (Å²) in [7, 11) is 0. The van der Waals surface area contributed by atoms with E-state index in [1.165, 1.54) is 6.07 Å². The van der Waals surface area contributed by atoms with E-state index in [0.717, 1.165) is 37.0 Å². The predicted molar refractivity (Wildman–Crippen MR) is 71.2 cm³/mol. The maximum Gasteiger partial charge on any atom is 0.215 e. The van der Waals surface area contributed by atoms with Crippen LogP contribution >= 0.6 is 0 Å². The van der Waals surface area contributed by atoms with E-state index in [9.17, 15) is 4.39 Å². The Kier molecular flexibility index (Phi) is 3.11. The fraction of sp³-hybridized carbons (Fsp3) is 0.357. The molecule has 3 nitrogen and oxygen atoms in total. The SMILES string of the molecule is Fc1cc(NC2CCNCC2)c2ccccc2n1. The molecule has 0 bridgehead atoms. The second kappa shape index (κ2) is 4.90. The van der Waals surface area contributed by atoms with Crippen LogP contribution in [-0.2, 0) is 0 Å². The zero-order chi connectivity index (χ0) is 12.4. The van der Waals surface area contributed by atoms with Crippen LogP contribution in [0.15, 0.2) is 30.3 Å². The minimum Gasteiger partial charge on any atom is -0.382 e. The van der Waals surface area contributed by atoms with E-state index < -0.39 is 5.95 Å². The van der Waals surface area contributed by atoms with Crippen LogP contribution in [-0.4, -0.2) is 24.1 Å². The highest BCUT2D eigenvalue weighted by Gasteiger charge is 2.14. The number of hydrogen-bond donors (Lipinski definition) is 2. The van der Waals surface area contributed by atoms with E-state index >= 15 is 0 Å². The lowest BCUT2D eigenvalue weighted by molar-refractivity contribution is 0.479. The van der Waals surface area contributed by atoms with Crippen LogP contribution in [0.4, 0.5) is 10.1 Å². The molecule has 1 saturated heterocycles. The molecular formula is C14H16FN3. The van der Waals surface area contributed by atoms with Crippen LogP contribution in [0.2, 0.25) is 0 Å². The Morgan fingerprint density at radius 2 is 2.00 bits per heavy atom. The van der Waals surface area contributed by atoms with E-state index in [1.54, 1.807) is 0 Å². The van der Waals surface area contributed by atoms with Gasteiger partial charge in [0, 0.05) is 23.2 Å². The predicted octanol–water partition coefficient (Wildman–Crippen LogP) is 2.54. The van der Waals surface area contributed by atoms with E-state index in [-0.39, 0.29) is 0 Å². The summed E-state index contributed by atoms with van der Waals surface area (Å²) in [6, 6.07) is 9.55. The van der Waals surface area contributed by atoms with Gasteiger partial charge >= 0.3 is 0 Å². The molecule has 4 heteroatoms. The highest BCUT2D eigenvalue weighted by Crippen LogP contribution is 2.24. The lowest BCUT2D eigenvalue weighted by Gasteiger charge is -2.25. The first-order valence-corrected chi connectivity index (χ1v) is 6.35. The van der Waals surface area contributed by atoms with Crippen molar-refractivity contribution in [1.82, 2.24) is 10.3 Å². The van der Waals surface area contributed by atoms with Crippen LogP contribution in [0.25, 0.3) is 10.9 Å². The van der Waals surface area contributed by atoms with E-state index in [4.69, 9.17) is 0 Å². The average Bonchev–Trinajstić information content (AvgIpc) is 2.40. The summed E-state index contributed by atoms with van der Waals surface area (Å²) < 4.78 is 13.5. The van der Waals surface area contributed by atoms with Crippen LogP contribution in [0.5, 0.6) is 0 Å². The third-order valence-electron chi connectivity index (χ3n) is 3.38. The van der Waals surface area contributed by atoms with E-state index in [1.807, 2.05) is 24.3 Å². The smallest absolute Gasteiger partial charge is 0.215 e. The fourth-order valence-corrected chi connectivity index (χ4v) is 2.45. The molecule has 0 unspecified atom stereocenters. The molecule has 18 heavy (non-hydrogen) atoms. The summed E-state index contributed by atoms with van der Waals surface area (Å²) in [6.45, 7) is 2.03. The van der Waals surface area contributed by atoms with Gasteiger partial charge in [-0.1, -0.05) is 18.2 Å². The summed E-state index contributed by atoms with van der Waals surface area (Å²) in [5.74, 6) is -0.426. The van der Waals surface area contributed by atoms with Crippen molar-refractivity contribution in [2.45, 2.75) is 18.9 Å².